The summed E-state index contributed by atoms with van der Waals surface area (Å²) in [4.78, 5) is 13.2. The number of hydrogen-bond acceptors (Lipinski definition) is 3. The van der Waals surface area contributed by atoms with Crippen molar-refractivity contribution < 1.29 is 9.90 Å². The predicted octanol–water partition coefficient (Wildman–Crippen LogP) is -1.07. The second-order valence-corrected chi connectivity index (χ2v) is 3.73. The van der Waals surface area contributed by atoms with E-state index < -0.39 is 0 Å². The Kier molecular flexibility index (Phi) is 1.81. The Bertz CT molecular complexity index is 207. The summed E-state index contributed by atoms with van der Waals surface area (Å²) in [6.07, 6.45) is 1.22. The molecule has 1 saturated heterocycles. The van der Waals surface area contributed by atoms with Crippen molar-refractivity contribution in [2.75, 3.05) is 13.1 Å². The van der Waals surface area contributed by atoms with Gasteiger partial charge in [-0.25, -0.2) is 0 Å². The molecule has 4 nitrogen and oxygen atoms in total. The third-order valence-electron chi connectivity index (χ3n) is 2.63. The molecule has 68 valence electrons. The quantitative estimate of drug-likeness (QED) is 0.526. The SMILES string of the molecule is NC1CC1C(=O)N1CCC(O)C1. The second-order valence-electron chi connectivity index (χ2n) is 3.73. The predicted molar refractivity (Wildman–Crippen MR) is 43.3 cm³/mol. The molecule has 2 aliphatic rings. The lowest BCUT2D eigenvalue weighted by Gasteiger charge is -2.14. The molecular weight excluding hydrogens is 156 g/mol. The summed E-state index contributed by atoms with van der Waals surface area (Å²) in [6.45, 7) is 1.20. The van der Waals surface area contributed by atoms with Crippen LogP contribution in [0.1, 0.15) is 12.8 Å². The number of aliphatic hydroxyl groups is 1. The van der Waals surface area contributed by atoms with Gasteiger partial charge in [-0.3, -0.25) is 4.79 Å². The molecule has 3 unspecified atom stereocenters. The number of rotatable bonds is 1. The molecule has 1 amide bonds. The van der Waals surface area contributed by atoms with E-state index in [1.54, 1.807) is 4.90 Å². The lowest BCUT2D eigenvalue weighted by Crippen LogP contribution is -2.32. The topological polar surface area (TPSA) is 66.6 Å². The lowest BCUT2D eigenvalue weighted by atomic mass is 10.3. The third-order valence-corrected chi connectivity index (χ3v) is 2.63. The zero-order valence-electron chi connectivity index (χ0n) is 6.94. The molecule has 0 aromatic heterocycles. The van der Waals surface area contributed by atoms with Crippen molar-refractivity contribution in [3.05, 3.63) is 0 Å². The molecule has 4 heteroatoms. The molecule has 1 aliphatic carbocycles. The summed E-state index contributed by atoms with van der Waals surface area (Å²) < 4.78 is 0. The molecule has 0 bridgehead atoms. The minimum atomic E-state index is -0.316. The van der Waals surface area contributed by atoms with Crippen LogP contribution in [0, 0.1) is 5.92 Å². The van der Waals surface area contributed by atoms with Crippen LogP contribution in [0.5, 0.6) is 0 Å². The first-order valence-electron chi connectivity index (χ1n) is 4.41. The van der Waals surface area contributed by atoms with E-state index in [1.807, 2.05) is 0 Å². The summed E-state index contributed by atoms with van der Waals surface area (Å²) in [6, 6.07) is 0.0789. The van der Waals surface area contributed by atoms with Gasteiger partial charge in [0.1, 0.15) is 0 Å². The van der Waals surface area contributed by atoms with Gasteiger partial charge in [0.2, 0.25) is 5.91 Å². The maximum absolute atomic E-state index is 11.5. The fourth-order valence-corrected chi connectivity index (χ4v) is 1.68. The molecular formula is C8H14N2O2. The minimum absolute atomic E-state index is 0.0512. The highest BCUT2D eigenvalue weighted by atomic mass is 16.3. The molecule has 3 atom stereocenters. The van der Waals surface area contributed by atoms with Crippen LogP contribution in [0.3, 0.4) is 0 Å². The highest BCUT2D eigenvalue weighted by molar-refractivity contribution is 5.82. The number of amides is 1. The van der Waals surface area contributed by atoms with Crippen molar-refractivity contribution >= 4 is 5.91 Å². The molecule has 0 spiro atoms. The van der Waals surface area contributed by atoms with Crippen LogP contribution in [0.25, 0.3) is 0 Å². The normalized spacial score (nSPS) is 40.2. The molecule has 1 saturated carbocycles. The zero-order valence-corrected chi connectivity index (χ0v) is 6.94. The lowest BCUT2D eigenvalue weighted by molar-refractivity contribution is -0.131. The first-order valence-corrected chi connectivity index (χ1v) is 4.41. The van der Waals surface area contributed by atoms with E-state index in [0.29, 0.717) is 19.5 Å². The van der Waals surface area contributed by atoms with E-state index in [9.17, 15) is 9.90 Å². The van der Waals surface area contributed by atoms with Crippen molar-refractivity contribution in [2.45, 2.75) is 25.0 Å². The van der Waals surface area contributed by atoms with Crippen LogP contribution in [0.15, 0.2) is 0 Å². The minimum Gasteiger partial charge on any atom is -0.391 e. The average molecular weight is 170 g/mol. The van der Waals surface area contributed by atoms with Crippen LogP contribution in [-0.4, -0.2) is 41.1 Å². The Labute approximate surface area is 71.3 Å². The summed E-state index contributed by atoms with van der Waals surface area (Å²) >= 11 is 0. The van der Waals surface area contributed by atoms with E-state index in [1.165, 1.54) is 0 Å². The van der Waals surface area contributed by atoms with Gasteiger partial charge in [0.15, 0.2) is 0 Å². The number of aliphatic hydroxyl groups excluding tert-OH is 1. The average Bonchev–Trinajstić information content (AvgIpc) is 2.58. The van der Waals surface area contributed by atoms with Gasteiger partial charge >= 0.3 is 0 Å². The highest BCUT2D eigenvalue weighted by Gasteiger charge is 2.43. The molecule has 3 N–H and O–H groups in total. The van der Waals surface area contributed by atoms with Crippen LogP contribution >= 0.6 is 0 Å². The Hall–Kier alpha value is -0.610. The van der Waals surface area contributed by atoms with Crippen molar-refractivity contribution in [1.82, 2.24) is 4.90 Å². The van der Waals surface area contributed by atoms with Gasteiger partial charge in [-0.05, 0) is 12.8 Å². The van der Waals surface area contributed by atoms with Gasteiger partial charge in [0.05, 0.1) is 12.0 Å². The smallest absolute Gasteiger partial charge is 0.227 e. The van der Waals surface area contributed by atoms with Crippen LogP contribution in [0.4, 0.5) is 0 Å². The molecule has 12 heavy (non-hydrogen) atoms. The fourth-order valence-electron chi connectivity index (χ4n) is 1.68. The molecule has 2 rings (SSSR count). The third kappa shape index (κ3) is 1.32. The van der Waals surface area contributed by atoms with E-state index >= 15 is 0 Å². The highest BCUT2D eigenvalue weighted by Crippen LogP contribution is 2.30. The van der Waals surface area contributed by atoms with Crippen molar-refractivity contribution in [1.29, 1.82) is 0 Å². The Morgan fingerprint density at radius 1 is 1.58 bits per heavy atom. The summed E-state index contributed by atoms with van der Waals surface area (Å²) in [5, 5.41) is 9.19. The largest absolute Gasteiger partial charge is 0.391 e. The molecule has 0 aromatic carbocycles. The van der Waals surface area contributed by atoms with Crippen molar-refractivity contribution in [2.24, 2.45) is 11.7 Å². The summed E-state index contributed by atoms with van der Waals surface area (Å²) in [5.41, 5.74) is 5.56. The number of carbonyl (C=O) groups is 1. The van der Waals surface area contributed by atoms with Crippen LogP contribution in [-0.2, 0) is 4.79 Å². The van der Waals surface area contributed by atoms with Crippen molar-refractivity contribution in [3.8, 4) is 0 Å². The standard InChI is InChI=1S/C8H14N2O2/c9-7-3-6(7)8(12)10-2-1-5(11)4-10/h5-7,11H,1-4,9H2. The zero-order chi connectivity index (χ0) is 8.72. The van der Waals surface area contributed by atoms with E-state index in [2.05, 4.69) is 0 Å². The molecule has 1 aliphatic heterocycles. The first kappa shape index (κ1) is 8.01. The maximum Gasteiger partial charge on any atom is 0.227 e. The second kappa shape index (κ2) is 2.71. The van der Waals surface area contributed by atoms with Crippen LogP contribution in [0.2, 0.25) is 0 Å². The Morgan fingerprint density at radius 3 is 2.67 bits per heavy atom. The first-order chi connectivity index (χ1) is 5.68. The fraction of sp³-hybridized carbons (Fsp3) is 0.875. The van der Waals surface area contributed by atoms with Gasteiger partial charge in [-0.2, -0.15) is 0 Å². The number of nitrogens with zero attached hydrogens (tertiary/aromatic N) is 1. The maximum atomic E-state index is 11.5. The molecule has 0 radical (unpaired) electrons. The monoisotopic (exact) mass is 170 g/mol. The summed E-state index contributed by atoms with van der Waals surface area (Å²) in [5.74, 6) is 0.189. The van der Waals surface area contributed by atoms with E-state index in [-0.39, 0.29) is 24.0 Å². The van der Waals surface area contributed by atoms with Gasteiger partial charge in [-0.15, -0.1) is 0 Å². The van der Waals surface area contributed by atoms with Crippen LogP contribution < -0.4 is 5.73 Å². The number of β-amino-alcohol motifs (C(OH)–C–C–N with tert-alkyl or cyclic N) is 1. The molecule has 1 heterocycles. The van der Waals surface area contributed by atoms with Gasteiger partial charge < -0.3 is 15.7 Å². The number of nitrogens with two attached hydrogens (primary N) is 1. The Balaban J connectivity index is 1.89. The van der Waals surface area contributed by atoms with Gasteiger partial charge in [0, 0.05) is 19.1 Å². The number of hydrogen-bond donors (Lipinski definition) is 2. The van der Waals surface area contributed by atoms with Gasteiger partial charge in [-0.1, -0.05) is 0 Å². The molecule has 0 aromatic rings. The summed E-state index contributed by atoms with van der Waals surface area (Å²) in [7, 11) is 0. The number of carbonyl (C=O) groups excluding carboxylic acids is 1. The number of likely N-dealkylation sites (tertiary alicyclic amines) is 1. The van der Waals surface area contributed by atoms with Gasteiger partial charge in [0.25, 0.3) is 0 Å². The van der Waals surface area contributed by atoms with Crippen molar-refractivity contribution in [3.63, 3.8) is 0 Å². The Morgan fingerprint density at radius 2 is 2.25 bits per heavy atom. The van der Waals surface area contributed by atoms with E-state index in [4.69, 9.17) is 5.73 Å². The van der Waals surface area contributed by atoms with E-state index in [0.717, 1.165) is 6.42 Å². The molecule has 2 fully saturated rings.